The van der Waals surface area contributed by atoms with Crippen molar-refractivity contribution in [3.63, 3.8) is 0 Å². The Morgan fingerprint density at radius 1 is 1.35 bits per heavy atom. The lowest BCUT2D eigenvalue weighted by molar-refractivity contribution is 0.305. The first-order valence-corrected chi connectivity index (χ1v) is 7.89. The van der Waals surface area contributed by atoms with Gasteiger partial charge in [0, 0.05) is 29.4 Å². The van der Waals surface area contributed by atoms with Crippen LogP contribution in [-0.2, 0) is 20.2 Å². The SMILES string of the molecule is Cc1nn(C)c(C)c1OCc1ccc(CNC2CC2)s1. The number of nitrogens with one attached hydrogen (secondary N) is 1. The van der Waals surface area contributed by atoms with Crippen molar-refractivity contribution in [3.8, 4) is 5.75 Å². The molecule has 0 aromatic carbocycles. The number of hydrogen-bond acceptors (Lipinski definition) is 4. The molecule has 0 saturated heterocycles. The predicted octanol–water partition coefficient (Wildman–Crippen LogP) is 2.93. The zero-order valence-electron chi connectivity index (χ0n) is 12.3. The molecule has 0 aliphatic heterocycles. The van der Waals surface area contributed by atoms with Gasteiger partial charge in [-0.25, -0.2) is 0 Å². The number of ether oxygens (including phenoxy) is 1. The molecule has 0 bridgehead atoms. The van der Waals surface area contributed by atoms with Gasteiger partial charge < -0.3 is 10.1 Å². The Labute approximate surface area is 123 Å². The Balaban J connectivity index is 1.57. The van der Waals surface area contributed by atoms with E-state index >= 15 is 0 Å². The van der Waals surface area contributed by atoms with Crippen LogP contribution < -0.4 is 10.1 Å². The Hall–Kier alpha value is -1.33. The molecule has 0 amide bonds. The highest BCUT2D eigenvalue weighted by Crippen LogP contribution is 2.25. The van der Waals surface area contributed by atoms with E-state index < -0.39 is 0 Å². The number of thiophene rings is 1. The molecule has 108 valence electrons. The van der Waals surface area contributed by atoms with E-state index in [4.69, 9.17) is 4.74 Å². The van der Waals surface area contributed by atoms with Gasteiger partial charge in [0.15, 0.2) is 5.75 Å². The van der Waals surface area contributed by atoms with Crippen LogP contribution in [0.25, 0.3) is 0 Å². The lowest BCUT2D eigenvalue weighted by atomic mass is 10.3. The monoisotopic (exact) mass is 291 g/mol. The maximum atomic E-state index is 5.93. The Kier molecular flexibility index (Phi) is 3.81. The van der Waals surface area contributed by atoms with Gasteiger partial charge in [-0.2, -0.15) is 5.10 Å². The van der Waals surface area contributed by atoms with Crippen LogP contribution >= 0.6 is 11.3 Å². The van der Waals surface area contributed by atoms with Gasteiger partial charge in [0.1, 0.15) is 12.3 Å². The largest absolute Gasteiger partial charge is 0.484 e. The quantitative estimate of drug-likeness (QED) is 0.889. The molecule has 0 spiro atoms. The first-order chi connectivity index (χ1) is 9.63. The number of aromatic nitrogens is 2. The lowest BCUT2D eigenvalue weighted by Gasteiger charge is -2.04. The Morgan fingerprint density at radius 3 is 2.75 bits per heavy atom. The Bertz CT molecular complexity index is 598. The molecule has 20 heavy (non-hydrogen) atoms. The molecule has 2 aromatic rings. The molecule has 4 nitrogen and oxygen atoms in total. The van der Waals surface area contributed by atoms with Crippen molar-refractivity contribution >= 4 is 11.3 Å². The Morgan fingerprint density at radius 2 is 2.10 bits per heavy atom. The predicted molar refractivity (Wildman–Crippen MR) is 81.2 cm³/mol. The van der Waals surface area contributed by atoms with E-state index in [1.807, 2.05) is 36.9 Å². The molecule has 1 N–H and O–H groups in total. The van der Waals surface area contributed by atoms with Crippen molar-refractivity contribution < 1.29 is 4.74 Å². The fraction of sp³-hybridized carbons (Fsp3) is 0.533. The lowest BCUT2D eigenvalue weighted by Crippen LogP contribution is -2.14. The highest BCUT2D eigenvalue weighted by atomic mass is 32.1. The molecular formula is C15H21N3OS. The van der Waals surface area contributed by atoms with Crippen LogP contribution in [-0.4, -0.2) is 15.8 Å². The summed E-state index contributed by atoms with van der Waals surface area (Å²) < 4.78 is 7.80. The van der Waals surface area contributed by atoms with Crippen molar-refractivity contribution in [2.45, 2.75) is 45.9 Å². The summed E-state index contributed by atoms with van der Waals surface area (Å²) in [6, 6.07) is 5.12. The first-order valence-electron chi connectivity index (χ1n) is 7.07. The third-order valence-electron chi connectivity index (χ3n) is 3.66. The third kappa shape index (κ3) is 3.04. The molecule has 1 aliphatic carbocycles. The average Bonchev–Trinajstić information content (AvgIpc) is 3.09. The van der Waals surface area contributed by atoms with Gasteiger partial charge in [-0.15, -0.1) is 11.3 Å². The molecule has 1 aliphatic rings. The van der Waals surface area contributed by atoms with Gasteiger partial charge in [-0.1, -0.05) is 0 Å². The summed E-state index contributed by atoms with van der Waals surface area (Å²) in [6.45, 7) is 5.64. The van der Waals surface area contributed by atoms with E-state index in [0.717, 1.165) is 29.7 Å². The van der Waals surface area contributed by atoms with E-state index in [0.29, 0.717) is 6.61 Å². The molecule has 2 aromatic heterocycles. The van der Waals surface area contributed by atoms with Gasteiger partial charge in [-0.3, -0.25) is 4.68 Å². The van der Waals surface area contributed by atoms with E-state index in [1.165, 1.54) is 22.6 Å². The number of aryl methyl sites for hydroxylation is 2. The molecule has 2 heterocycles. The second kappa shape index (κ2) is 5.58. The van der Waals surface area contributed by atoms with Crippen molar-refractivity contribution in [3.05, 3.63) is 33.3 Å². The molecule has 3 rings (SSSR count). The molecule has 0 radical (unpaired) electrons. The van der Waals surface area contributed by atoms with Crippen molar-refractivity contribution in [1.82, 2.24) is 15.1 Å². The fourth-order valence-corrected chi connectivity index (χ4v) is 3.12. The van der Waals surface area contributed by atoms with E-state index in [-0.39, 0.29) is 0 Å². The molecule has 0 atom stereocenters. The van der Waals surface area contributed by atoms with Crippen LogP contribution in [0.4, 0.5) is 0 Å². The smallest absolute Gasteiger partial charge is 0.163 e. The molecular weight excluding hydrogens is 270 g/mol. The number of nitrogens with zero attached hydrogens (tertiary/aromatic N) is 2. The third-order valence-corrected chi connectivity index (χ3v) is 4.72. The average molecular weight is 291 g/mol. The van der Waals surface area contributed by atoms with E-state index in [9.17, 15) is 0 Å². The highest BCUT2D eigenvalue weighted by Gasteiger charge is 2.20. The van der Waals surface area contributed by atoms with Crippen LogP contribution in [0.15, 0.2) is 12.1 Å². The number of rotatable bonds is 6. The van der Waals surface area contributed by atoms with Crippen LogP contribution in [0.5, 0.6) is 5.75 Å². The maximum absolute atomic E-state index is 5.93. The van der Waals surface area contributed by atoms with Crippen LogP contribution in [0.1, 0.15) is 34.0 Å². The zero-order valence-corrected chi connectivity index (χ0v) is 13.1. The maximum Gasteiger partial charge on any atom is 0.163 e. The summed E-state index contributed by atoms with van der Waals surface area (Å²) in [7, 11) is 1.95. The van der Waals surface area contributed by atoms with E-state index in [2.05, 4.69) is 22.5 Å². The summed E-state index contributed by atoms with van der Waals surface area (Å²) >= 11 is 1.83. The molecule has 5 heteroatoms. The summed E-state index contributed by atoms with van der Waals surface area (Å²) in [5.74, 6) is 0.915. The van der Waals surface area contributed by atoms with E-state index in [1.54, 1.807) is 0 Å². The highest BCUT2D eigenvalue weighted by molar-refractivity contribution is 7.11. The van der Waals surface area contributed by atoms with Gasteiger partial charge >= 0.3 is 0 Å². The van der Waals surface area contributed by atoms with Crippen molar-refractivity contribution in [1.29, 1.82) is 0 Å². The van der Waals surface area contributed by atoms with Gasteiger partial charge in [0.25, 0.3) is 0 Å². The zero-order chi connectivity index (χ0) is 14.1. The second-order valence-corrected chi connectivity index (χ2v) is 6.69. The standard InChI is InChI=1S/C15H21N3OS/c1-10-15(11(2)18(3)17-10)19-9-14-7-6-13(20-14)8-16-12-4-5-12/h6-7,12,16H,4-5,8-9H2,1-3H3. The van der Waals surface area contributed by atoms with Crippen molar-refractivity contribution in [2.24, 2.45) is 7.05 Å². The normalized spacial score (nSPS) is 14.8. The van der Waals surface area contributed by atoms with Gasteiger partial charge in [-0.05, 0) is 38.8 Å². The molecule has 1 saturated carbocycles. The summed E-state index contributed by atoms with van der Waals surface area (Å²) in [4.78, 5) is 2.65. The molecule has 0 unspecified atom stereocenters. The fourth-order valence-electron chi connectivity index (χ4n) is 2.23. The molecule has 1 fully saturated rings. The minimum atomic E-state index is 0.626. The van der Waals surface area contributed by atoms with Crippen LogP contribution in [0, 0.1) is 13.8 Å². The summed E-state index contributed by atoms with van der Waals surface area (Å²) in [5.41, 5.74) is 2.03. The van der Waals surface area contributed by atoms with Crippen molar-refractivity contribution in [2.75, 3.05) is 0 Å². The van der Waals surface area contributed by atoms with Crippen LogP contribution in [0.3, 0.4) is 0 Å². The minimum absolute atomic E-state index is 0.626. The summed E-state index contributed by atoms with van der Waals surface area (Å²) in [5, 5.41) is 7.91. The first kappa shape index (κ1) is 13.6. The number of hydrogen-bond donors (Lipinski definition) is 1. The topological polar surface area (TPSA) is 39.1 Å². The summed E-state index contributed by atoms with van der Waals surface area (Å²) in [6.07, 6.45) is 2.67. The van der Waals surface area contributed by atoms with Gasteiger partial charge in [0.2, 0.25) is 0 Å². The van der Waals surface area contributed by atoms with Gasteiger partial charge in [0.05, 0.1) is 5.69 Å². The van der Waals surface area contributed by atoms with Crippen LogP contribution in [0.2, 0.25) is 0 Å². The minimum Gasteiger partial charge on any atom is -0.484 e. The second-order valence-electron chi connectivity index (χ2n) is 5.44.